The Morgan fingerprint density at radius 3 is 1.90 bits per heavy atom. The van der Waals surface area contributed by atoms with Gasteiger partial charge in [0.1, 0.15) is 6.29 Å². The van der Waals surface area contributed by atoms with E-state index in [2.05, 4.69) is 24.6 Å². The summed E-state index contributed by atoms with van der Waals surface area (Å²) >= 11 is 0. The number of aldehydes is 1. The third kappa shape index (κ3) is 11.4. The molecule has 0 spiro atoms. The van der Waals surface area contributed by atoms with Crippen molar-refractivity contribution in [3.05, 3.63) is 0 Å². The predicted molar refractivity (Wildman–Crippen MR) is 90.0 cm³/mol. The number of nitrogens with zero attached hydrogens (tertiary/aromatic N) is 1. The van der Waals surface area contributed by atoms with Gasteiger partial charge in [-0.2, -0.15) is 0 Å². The summed E-state index contributed by atoms with van der Waals surface area (Å²) in [4.78, 5) is 12.5. The topological polar surface area (TPSA) is 46.3 Å². The van der Waals surface area contributed by atoms with Crippen molar-refractivity contribution in [3.8, 4) is 0 Å². The van der Waals surface area contributed by atoms with Crippen LogP contribution in [0.25, 0.3) is 0 Å². The van der Waals surface area contributed by atoms with E-state index in [1.54, 1.807) is 0 Å². The Labute approximate surface area is 127 Å². The van der Waals surface area contributed by atoms with Gasteiger partial charge in [-0.1, -0.05) is 46.0 Å². The lowest BCUT2D eigenvalue weighted by molar-refractivity contribution is -0.108. The molecule has 0 aromatic heterocycles. The minimum atomic E-state index is 0.733. The molecule has 20 heavy (non-hydrogen) atoms. The molecule has 0 amide bonds. The van der Waals surface area contributed by atoms with Crippen LogP contribution < -0.4 is 5.73 Å². The SMILES string of the molecule is CC.CC1CCCN1C.CN.O=CCC1CCCCC1. The van der Waals surface area contributed by atoms with E-state index in [4.69, 9.17) is 0 Å². The maximum atomic E-state index is 10.1. The smallest absolute Gasteiger partial charge is 0.120 e. The summed E-state index contributed by atoms with van der Waals surface area (Å²) in [5, 5.41) is 0. The van der Waals surface area contributed by atoms with E-state index in [-0.39, 0.29) is 0 Å². The van der Waals surface area contributed by atoms with E-state index in [1.807, 2.05) is 13.8 Å². The molecule has 3 nitrogen and oxygen atoms in total. The Morgan fingerprint density at radius 2 is 1.60 bits per heavy atom. The van der Waals surface area contributed by atoms with Crippen LogP contribution in [0.5, 0.6) is 0 Å². The van der Waals surface area contributed by atoms with Crippen molar-refractivity contribution < 1.29 is 4.79 Å². The highest BCUT2D eigenvalue weighted by molar-refractivity contribution is 5.49. The van der Waals surface area contributed by atoms with E-state index in [9.17, 15) is 4.79 Å². The first-order valence-corrected chi connectivity index (χ1v) is 8.45. The summed E-state index contributed by atoms with van der Waals surface area (Å²) in [6, 6.07) is 0.847. The highest BCUT2D eigenvalue weighted by Crippen LogP contribution is 2.25. The molecule has 3 heteroatoms. The fraction of sp³-hybridized carbons (Fsp3) is 0.941. The van der Waals surface area contributed by atoms with Crippen LogP contribution in [0.1, 0.15) is 72.1 Å². The van der Waals surface area contributed by atoms with Crippen LogP contribution in [0.4, 0.5) is 0 Å². The fourth-order valence-electron chi connectivity index (χ4n) is 2.64. The zero-order valence-electron chi connectivity index (χ0n) is 14.5. The second kappa shape index (κ2) is 16.6. The van der Waals surface area contributed by atoms with Gasteiger partial charge in [0.15, 0.2) is 0 Å². The molecule has 0 radical (unpaired) electrons. The van der Waals surface area contributed by atoms with Crippen molar-refractivity contribution in [3.63, 3.8) is 0 Å². The zero-order chi connectivity index (χ0) is 15.8. The van der Waals surface area contributed by atoms with Crippen molar-refractivity contribution in [2.24, 2.45) is 11.7 Å². The molecule has 122 valence electrons. The third-order valence-electron chi connectivity index (χ3n) is 4.04. The molecule has 2 rings (SSSR count). The maximum Gasteiger partial charge on any atom is 0.120 e. The van der Waals surface area contributed by atoms with Crippen LogP contribution in [-0.2, 0) is 4.79 Å². The minimum absolute atomic E-state index is 0.733. The molecule has 1 saturated heterocycles. The molecule has 0 aromatic rings. The fourth-order valence-corrected chi connectivity index (χ4v) is 2.64. The lowest BCUT2D eigenvalue weighted by Crippen LogP contribution is -2.20. The van der Waals surface area contributed by atoms with E-state index in [1.165, 1.54) is 58.5 Å². The first-order valence-electron chi connectivity index (χ1n) is 8.45. The van der Waals surface area contributed by atoms with Gasteiger partial charge >= 0.3 is 0 Å². The van der Waals surface area contributed by atoms with E-state index >= 15 is 0 Å². The van der Waals surface area contributed by atoms with Gasteiger partial charge in [-0.05, 0) is 46.3 Å². The van der Waals surface area contributed by atoms with Gasteiger partial charge < -0.3 is 15.4 Å². The van der Waals surface area contributed by atoms with Gasteiger partial charge in [-0.3, -0.25) is 0 Å². The van der Waals surface area contributed by atoms with Crippen LogP contribution in [-0.4, -0.2) is 37.9 Å². The average molecular weight is 287 g/mol. The van der Waals surface area contributed by atoms with E-state index < -0.39 is 0 Å². The Bertz CT molecular complexity index is 183. The molecule has 1 aliphatic carbocycles. The molecule has 1 atom stereocenters. The summed E-state index contributed by atoms with van der Waals surface area (Å²) < 4.78 is 0. The van der Waals surface area contributed by atoms with Gasteiger partial charge in [-0.25, -0.2) is 0 Å². The largest absolute Gasteiger partial charge is 0.333 e. The van der Waals surface area contributed by atoms with Crippen LogP contribution in [0, 0.1) is 5.92 Å². The van der Waals surface area contributed by atoms with E-state index in [0.717, 1.165) is 24.7 Å². The van der Waals surface area contributed by atoms with Crippen molar-refractivity contribution in [1.29, 1.82) is 0 Å². The highest BCUT2D eigenvalue weighted by atomic mass is 16.1. The first kappa shape index (κ1) is 21.9. The summed E-state index contributed by atoms with van der Waals surface area (Å²) in [5.74, 6) is 0.733. The lowest BCUT2D eigenvalue weighted by Gasteiger charge is -2.18. The molecule has 1 saturated carbocycles. The number of hydrogen-bond donors (Lipinski definition) is 1. The number of carbonyl (C=O) groups excluding carboxylic acids is 1. The third-order valence-corrected chi connectivity index (χ3v) is 4.04. The van der Waals surface area contributed by atoms with Crippen molar-refractivity contribution in [2.45, 2.75) is 78.2 Å². The molecule has 1 aliphatic heterocycles. The Morgan fingerprint density at radius 1 is 1.05 bits per heavy atom. The highest BCUT2D eigenvalue weighted by Gasteiger charge is 2.14. The maximum absolute atomic E-state index is 10.1. The quantitative estimate of drug-likeness (QED) is 0.784. The molecular weight excluding hydrogens is 248 g/mol. The number of nitrogens with two attached hydrogens (primary N) is 1. The van der Waals surface area contributed by atoms with Crippen molar-refractivity contribution in [2.75, 3.05) is 20.6 Å². The molecule has 2 fully saturated rings. The average Bonchev–Trinajstić information content (AvgIpc) is 2.89. The van der Waals surface area contributed by atoms with Gasteiger partial charge in [0.2, 0.25) is 0 Å². The molecule has 1 unspecified atom stereocenters. The number of likely N-dealkylation sites (tertiary alicyclic amines) is 1. The molecule has 0 bridgehead atoms. The number of carbonyl (C=O) groups is 1. The van der Waals surface area contributed by atoms with Crippen LogP contribution in [0.15, 0.2) is 0 Å². The van der Waals surface area contributed by atoms with Crippen LogP contribution in [0.2, 0.25) is 0 Å². The normalized spacial score (nSPS) is 22.4. The molecule has 2 aliphatic rings. The molecule has 2 N–H and O–H groups in total. The zero-order valence-corrected chi connectivity index (χ0v) is 14.5. The second-order valence-electron chi connectivity index (χ2n) is 5.38. The standard InChI is InChI=1S/C8H14O.C6H13N.C2H6.CH5N/c9-7-6-8-4-2-1-3-5-8;1-6-4-3-5-7(6)2;2*1-2/h7-8H,1-6H2;6H,3-5H2,1-2H3;1-2H3;2H2,1H3. The molecular formula is C17H38N2O. The van der Waals surface area contributed by atoms with Crippen LogP contribution in [0.3, 0.4) is 0 Å². The summed E-state index contributed by atoms with van der Waals surface area (Å²) in [7, 11) is 3.69. The second-order valence-corrected chi connectivity index (χ2v) is 5.38. The lowest BCUT2D eigenvalue weighted by atomic mass is 9.87. The number of rotatable bonds is 2. The Kier molecular flexibility index (Phi) is 18.2. The van der Waals surface area contributed by atoms with Crippen LogP contribution >= 0.6 is 0 Å². The van der Waals surface area contributed by atoms with E-state index in [0.29, 0.717) is 0 Å². The summed E-state index contributed by atoms with van der Waals surface area (Å²) in [6.07, 6.45) is 11.3. The Hall–Kier alpha value is -0.410. The molecule has 1 heterocycles. The van der Waals surface area contributed by atoms with Gasteiger partial charge in [-0.15, -0.1) is 0 Å². The van der Waals surface area contributed by atoms with Crippen molar-refractivity contribution in [1.82, 2.24) is 4.90 Å². The summed E-state index contributed by atoms with van der Waals surface area (Å²) in [5.41, 5.74) is 4.50. The molecule has 0 aromatic carbocycles. The van der Waals surface area contributed by atoms with Gasteiger partial charge in [0.05, 0.1) is 0 Å². The number of hydrogen-bond acceptors (Lipinski definition) is 3. The van der Waals surface area contributed by atoms with Crippen molar-refractivity contribution >= 4 is 6.29 Å². The summed E-state index contributed by atoms with van der Waals surface area (Å²) in [6.45, 7) is 7.59. The Balaban J connectivity index is 0. The minimum Gasteiger partial charge on any atom is -0.333 e. The first-order chi connectivity index (χ1) is 9.74. The van der Waals surface area contributed by atoms with Gasteiger partial charge in [0, 0.05) is 12.5 Å². The predicted octanol–water partition coefficient (Wildman–Crippen LogP) is 3.86. The van der Waals surface area contributed by atoms with Gasteiger partial charge in [0.25, 0.3) is 0 Å². The monoisotopic (exact) mass is 286 g/mol.